The number of hydrogen-bond acceptors (Lipinski definition) is 2. The Morgan fingerprint density at radius 1 is 1.19 bits per heavy atom. The summed E-state index contributed by atoms with van der Waals surface area (Å²) >= 11 is 0. The molecule has 16 heavy (non-hydrogen) atoms. The summed E-state index contributed by atoms with van der Waals surface area (Å²) in [6, 6.07) is 0.662. The SMILES string of the molecule is CC(C)NC(=O)C(C)NC1CCCCC1C. The Labute approximate surface area is 99.4 Å². The first kappa shape index (κ1) is 13.5. The molecule has 0 aromatic heterocycles. The van der Waals surface area contributed by atoms with Gasteiger partial charge in [-0.2, -0.15) is 0 Å². The van der Waals surface area contributed by atoms with Crippen molar-refractivity contribution < 1.29 is 4.79 Å². The molecular weight excluding hydrogens is 200 g/mol. The van der Waals surface area contributed by atoms with E-state index in [1.54, 1.807) is 0 Å². The van der Waals surface area contributed by atoms with Gasteiger partial charge in [0.05, 0.1) is 6.04 Å². The van der Waals surface area contributed by atoms with E-state index in [-0.39, 0.29) is 18.0 Å². The van der Waals surface area contributed by atoms with Gasteiger partial charge >= 0.3 is 0 Å². The molecule has 0 spiro atoms. The first-order valence-electron chi connectivity index (χ1n) is 6.57. The maximum Gasteiger partial charge on any atom is 0.237 e. The lowest BCUT2D eigenvalue weighted by molar-refractivity contribution is -0.123. The van der Waals surface area contributed by atoms with Crippen LogP contribution in [0.15, 0.2) is 0 Å². The predicted octanol–water partition coefficient (Wildman–Crippen LogP) is 2.07. The number of nitrogens with one attached hydrogen (secondary N) is 2. The van der Waals surface area contributed by atoms with E-state index < -0.39 is 0 Å². The standard InChI is InChI=1S/C13H26N2O/c1-9(2)14-13(16)11(4)15-12-8-6-5-7-10(12)3/h9-12,15H,5-8H2,1-4H3,(H,14,16). The molecular formula is C13H26N2O. The van der Waals surface area contributed by atoms with Crippen LogP contribution in [0.25, 0.3) is 0 Å². The van der Waals surface area contributed by atoms with Crippen LogP contribution >= 0.6 is 0 Å². The van der Waals surface area contributed by atoms with Gasteiger partial charge in [0, 0.05) is 12.1 Å². The second-order valence-electron chi connectivity index (χ2n) is 5.42. The topological polar surface area (TPSA) is 41.1 Å². The Morgan fingerprint density at radius 3 is 2.38 bits per heavy atom. The molecule has 1 fully saturated rings. The van der Waals surface area contributed by atoms with Crippen molar-refractivity contribution in [3.63, 3.8) is 0 Å². The molecule has 0 radical (unpaired) electrons. The molecule has 3 unspecified atom stereocenters. The highest BCUT2D eigenvalue weighted by Crippen LogP contribution is 2.23. The first-order valence-corrected chi connectivity index (χ1v) is 6.57. The van der Waals surface area contributed by atoms with Gasteiger partial charge < -0.3 is 10.6 Å². The van der Waals surface area contributed by atoms with E-state index in [2.05, 4.69) is 17.6 Å². The Kier molecular flexibility index (Phi) is 5.26. The maximum absolute atomic E-state index is 11.8. The predicted molar refractivity (Wildman–Crippen MR) is 67.3 cm³/mol. The normalized spacial score (nSPS) is 27.8. The highest BCUT2D eigenvalue weighted by atomic mass is 16.2. The number of carbonyl (C=O) groups excluding carboxylic acids is 1. The van der Waals surface area contributed by atoms with Crippen LogP contribution in [0.5, 0.6) is 0 Å². The Morgan fingerprint density at radius 2 is 1.81 bits per heavy atom. The highest BCUT2D eigenvalue weighted by Gasteiger charge is 2.24. The van der Waals surface area contributed by atoms with E-state index in [0.717, 1.165) is 0 Å². The lowest BCUT2D eigenvalue weighted by Gasteiger charge is -2.32. The van der Waals surface area contributed by atoms with Crippen LogP contribution in [0.3, 0.4) is 0 Å². The van der Waals surface area contributed by atoms with Gasteiger partial charge in [-0.1, -0.05) is 19.8 Å². The molecule has 0 aliphatic heterocycles. The van der Waals surface area contributed by atoms with Crippen molar-refractivity contribution in [1.29, 1.82) is 0 Å². The van der Waals surface area contributed by atoms with Gasteiger partial charge in [-0.25, -0.2) is 0 Å². The summed E-state index contributed by atoms with van der Waals surface area (Å²) in [7, 11) is 0. The second kappa shape index (κ2) is 6.24. The van der Waals surface area contributed by atoms with Crippen molar-refractivity contribution in [3.05, 3.63) is 0 Å². The number of amides is 1. The molecule has 0 aromatic carbocycles. The third kappa shape index (κ3) is 4.12. The molecule has 1 saturated carbocycles. The number of hydrogen-bond donors (Lipinski definition) is 2. The quantitative estimate of drug-likeness (QED) is 0.770. The second-order valence-corrected chi connectivity index (χ2v) is 5.42. The summed E-state index contributed by atoms with van der Waals surface area (Å²) in [5.41, 5.74) is 0. The third-order valence-corrected chi connectivity index (χ3v) is 3.40. The Hall–Kier alpha value is -0.570. The van der Waals surface area contributed by atoms with Gasteiger partial charge in [-0.05, 0) is 39.5 Å². The summed E-state index contributed by atoms with van der Waals surface area (Å²) < 4.78 is 0. The minimum absolute atomic E-state index is 0.0760. The minimum Gasteiger partial charge on any atom is -0.353 e. The zero-order valence-corrected chi connectivity index (χ0v) is 11.0. The fourth-order valence-corrected chi connectivity index (χ4v) is 2.37. The van der Waals surface area contributed by atoms with Crippen LogP contribution in [-0.2, 0) is 4.79 Å². The lowest BCUT2D eigenvalue weighted by Crippen LogP contribution is -2.50. The molecule has 0 saturated heterocycles. The van der Waals surface area contributed by atoms with Crippen LogP contribution in [-0.4, -0.2) is 24.0 Å². The van der Waals surface area contributed by atoms with Gasteiger partial charge in [0.15, 0.2) is 0 Å². The number of rotatable bonds is 4. The van der Waals surface area contributed by atoms with Crippen LogP contribution in [0.4, 0.5) is 0 Å². The lowest BCUT2D eigenvalue weighted by atomic mass is 9.85. The smallest absolute Gasteiger partial charge is 0.237 e. The zero-order chi connectivity index (χ0) is 12.1. The van der Waals surface area contributed by atoms with Crippen molar-refractivity contribution in [1.82, 2.24) is 10.6 Å². The molecule has 1 amide bonds. The Balaban J connectivity index is 2.37. The molecule has 1 rings (SSSR count). The number of carbonyl (C=O) groups is 1. The van der Waals surface area contributed by atoms with E-state index >= 15 is 0 Å². The van der Waals surface area contributed by atoms with Gasteiger partial charge in [0.2, 0.25) is 5.91 Å². The molecule has 3 nitrogen and oxygen atoms in total. The zero-order valence-electron chi connectivity index (χ0n) is 11.0. The molecule has 3 heteroatoms. The van der Waals surface area contributed by atoms with Crippen molar-refractivity contribution in [2.24, 2.45) is 5.92 Å². The molecule has 1 aliphatic rings. The summed E-state index contributed by atoms with van der Waals surface area (Å²) in [5, 5.41) is 6.41. The van der Waals surface area contributed by atoms with Gasteiger partial charge in [-0.15, -0.1) is 0 Å². The molecule has 1 aliphatic carbocycles. The summed E-state index contributed by atoms with van der Waals surface area (Å²) in [6.07, 6.45) is 5.13. The third-order valence-electron chi connectivity index (χ3n) is 3.40. The fraction of sp³-hybridized carbons (Fsp3) is 0.923. The van der Waals surface area contributed by atoms with Crippen molar-refractivity contribution in [2.75, 3.05) is 0 Å². The van der Waals surface area contributed by atoms with Crippen molar-refractivity contribution >= 4 is 5.91 Å². The molecule has 0 heterocycles. The largest absolute Gasteiger partial charge is 0.353 e. The van der Waals surface area contributed by atoms with Crippen molar-refractivity contribution in [3.8, 4) is 0 Å². The van der Waals surface area contributed by atoms with Crippen LogP contribution in [0, 0.1) is 5.92 Å². The molecule has 2 N–H and O–H groups in total. The van der Waals surface area contributed by atoms with E-state index in [1.807, 2.05) is 20.8 Å². The molecule has 3 atom stereocenters. The van der Waals surface area contributed by atoms with Gasteiger partial charge in [-0.3, -0.25) is 4.79 Å². The van der Waals surface area contributed by atoms with Crippen LogP contribution in [0.2, 0.25) is 0 Å². The summed E-state index contributed by atoms with van der Waals surface area (Å²) in [4.78, 5) is 11.8. The molecule has 0 aromatic rings. The van der Waals surface area contributed by atoms with Gasteiger partial charge in [0.1, 0.15) is 0 Å². The summed E-state index contributed by atoms with van der Waals surface area (Å²) in [5.74, 6) is 0.816. The molecule has 0 bridgehead atoms. The summed E-state index contributed by atoms with van der Waals surface area (Å²) in [6.45, 7) is 8.23. The van der Waals surface area contributed by atoms with E-state index in [4.69, 9.17) is 0 Å². The minimum atomic E-state index is -0.0760. The highest BCUT2D eigenvalue weighted by molar-refractivity contribution is 5.81. The maximum atomic E-state index is 11.8. The van der Waals surface area contributed by atoms with E-state index in [0.29, 0.717) is 12.0 Å². The van der Waals surface area contributed by atoms with Crippen LogP contribution in [0.1, 0.15) is 53.4 Å². The monoisotopic (exact) mass is 226 g/mol. The van der Waals surface area contributed by atoms with E-state index in [1.165, 1.54) is 25.7 Å². The average Bonchev–Trinajstić information content (AvgIpc) is 2.20. The first-order chi connectivity index (χ1) is 7.50. The van der Waals surface area contributed by atoms with Gasteiger partial charge in [0.25, 0.3) is 0 Å². The Bertz CT molecular complexity index is 228. The van der Waals surface area contributed by atoms with Crippen molar-refractivity contribution in [2.45, 2.75) is 71.5 Å². The molecule has 94 valence electrons. The average molecular weight is 226 g/mol. The van der Waals surface area contributed by atoms with Crippen LogP contribution < -0.4 is 10.6 Å². The fourth-order valence-electron chi connectivity index (χ4n) is 2.37. The van der Waals surface area contributed by atoms with E-state index in [9.17, 15) is 4.79 Å².